The van der Waals surface area contributed by atoms with E-state index in [1.54, 1.807) is 0 Å². The zero-order valence-corrected chi connectivity index (χ0v) is 17.9. The van der Waals surface area contributed by atoms with Crippen LogP contribution in [0.3, 0.4) is 0 Å². The van der Waals surface area contributed by atoms with Crippen LogP contribution in [-0.4, -0.2) is 5.84 Å². The van der Waals surface area contributed by atoms with Gasteiger partial charge in [0.25, 0.3) is 0 Å². The van der Waals surface area contributed by atoms with Gasteiger partial charge in [-0.2, -0.15) is 0 Å². The van der Waals surface area contributed by atoms with E-state index >= 15 is 0 Å². The predicted molar refractivity (Wildman–Crippen MR) is 122 cm³/mol. The average Bonchev–Trinajstić information content (AvgIpc) is 2.61. The summed E-state index contributed by atoms with van der Waals surface area (Å²) in [5, 5.41) is 3.66. The summed E-state index contributed by atoms with van der Waals surface area (Å²) in [7, 11) is 0. The maximum Gasteiger partial charge on any atom is 0.111 e. The van der Waals surface area contributed by atoms with Crippen LogP contribution in [0.25, 0.3) is 0 Å². The van der Waals surface area contributed by atoms with Crippen LogP contribution < -0.4 is 5.32 Å². The fraction of sp³-hybridized carbons (Fsp3) is 0.269. The van der Waals surface area contributed by atoms with Gasteiger partial charge in [0.1, 0.15) is 5.84 Å². The fourth-order valence-electron chi connectivity index (χ4n) is 3.91. The number of benzene rings is 3. The minimum Gasteiger partial charge on any atom is -0.343 e. The molecule has 3 rings (SSSR count). The van der Waals surface area contributed by atoms with Gasteiger partial charge in [0, 0.05) is 12.1 Å². The van der Waals surface area contributed by atoms with Crippen molar-refractivity contribution in [2.45, 2.75) is 48.0 Å². The predicted octanol–water partition coefficient (Wildman–Crippen LogP) is 6.92. The number of hydrogen-bond acceptors (Lipinski definition) is 1. The summed E-state index contributed by atoms with van der Waals surface area (Å²) in [6.07, 6.45) is 0.764. The summed E-state index contributed by atoms with van der Waals surface area (Å²) in [5.74, 6) is 0.969. The lowest BCUT2D eigenvalue weighted by molar-refractivity contribution is 1.23. The molecule has 0 radical (unpaired) electrons. The minimum atomic E-state index is 0.764. The molecule has 144 valence electrons. The second-order valence-corrected chi connectivity index (χ2v) is 7.87. The molecular weight excluding hydrogens is 340 g/mol. The highest BCUT2D eigenvalue weighted by atomic mass is 15.0. The highest BCUT2D eigenvalue weighted by molar-refractivity contribution is 6.00. The van der Waals surface area contributed by atoms with Gasteiger partial charge in [0.2, 0.25) is 0 Å². The number of anilines is 1. The molecule has 0 aromatic heterocycles. The molecule has 0 saturated carbocycles. The number of nitrogens with one attached hydrogen (secondary N) is 1. The lowest BCUT2D eigenvalue weighted by Gasteiger charge is -2.17. The van der Waals surface area contributed by atoms with Crippen LogP contribution in [0.15, 0.2) is 59.6 Å². The molecule has 0 amide bonds. The Labute approximate surface area is 169 Å². The van der Waals surface area contributed by atoms with Gasteiger partial charge >= 0.3 is 0 Å². The Kier molecular flexibility index (Phi) is 5.99. The van der Waals surface area contributed by atoms with Crippen molar-refractivity contribution in [2.24, 2.45) is 4.99 Å². The first-order valence-corrected chi connectivity index (χ1v) is 9.87. The van der Waals surface area contributed by atoms with Gasteiger partial charge in [0.05, 0.1) is 5.69 Å². The topological polar surface area (TPSA) is 24.4 Å². The standard InChI is InChI=1S/C26H30N2/c1-17-12-19(3)25(20(4)13-17)27-24(16-23-10-8-7-9-11-23)28-26-21(5)14-18(2)15-22(26)6/h7-15H,16H2,1-6H3,(H,27,28). The third kappa shape index (κ3) is 4.69. The Hall–Kier alpha value is -2.87. The second-order valence-electron chi connectivity index (χ2n) is 7.87. The molecule has 28 heavy (non-hydrogen) atoms. The molecule has 0 aliphatic carbocycles. The fourth-order valence-corrected chi connectivity index (χ4v) is 3.91. The summed E-state index contributed by atoms with van der Waals surface area (Å²) >= 11 is 0. The first-order valence-electron chi connectivity index (χ1n) is 9.87. The first kappa shape index (κ1) is 19.9. The summed E-state index contributed by atoms with van der Waals surface area (Å²) in [6.45, 7) is 12.9. The molecule has 0 heterocycles. The Balaban J connectivity index is 2.06. The van der Waals surface area contributed by atoms with E-state index < -0.39 is 0 Å². The molecule has 0 fully saturated rings. The van der Waals surface area contributed by atoms with Gasteiger partial charge in [0.15, 0.2) is 0 Å². The lowest BCUT2D eigenvalue weighted by atomic mass is 10.0. The van der Waals surface area contributed by atoms with E-state index in [-0.39, 0.29) is 0 Å². The quantitative estimate of drug-likeness (QED) is 0.391. The summed E-state index contributed by atoms with van der Waals surface area (Å²) < 4.78 is 0. The van der Waals surface area contributed by atoms with Crippen LogP contribution in [0.5, 0.6) is 0 Å². The molecule has 0 saturated heterocycles. The number of nitrogens with zero attached hydrogens (tertiary/aromatic N) is 1. The normalized spacial score (nSPS) is 11.6. The molecule has 3 aromatic rings. The van der Waals surface area contributed by atoms with E-state index in [0.29, 0.717) is 0 Å². The van der Waals surface area contributed by atoms with E-state index in [0.717, 1.165) is 23.6 Å². The summed E-state index contributed by atoms with van der Waals surface area (Å²) in [5.41, 5.74) is 10.9. The highest BCUT2D eigenvalue weighted by Gasteiger charge is 2.10. The molecule has 2 heteroatoms. The molecule has 1 N–H and O–H groups in total. The van der Waals surface area contributed by atoms with Crippen LogP contribution in [0.1, 0.15) is 38.9 Å². The Bertz CT molecular complexity index is 968. The Morgan fingerprint density at radius 3 is 1.75 bits per heavy atom. The van der Waals surface area contributed by atoms with Crippen molar-refractivity contribution >= 4 is 17.2 Å². The number of rotatable bonds is 4. The van der Waals surface area contributed by atoms with Crippen LogP contribution >= 0.6 is 0 Å². The monoisotopic (exact) mass is 370 g/mol. The maximum absolute atomic E-state index is 5.10. The van der Waals surface area contributed by atoms with Gasteiger partial charge < -0.3 is 5.32 Å². The maximum atomic E-state index is 5.10. The first-order chi connectivity index (χ1) is 13.3. The van der Waals surface area contributed by atoms with E-state index in [1.807, 2.05) is 0 Å². The van der Waals surface area contributed by atoms with Crippen molar-refractivity contribution in [3.63, 3.8) is 0 Å². The van der Waals surface area contributed by atoms with Crippen LogP contribution in [0.4, 0.5) is 11.4 Å². The zero-order chi connectivity index (χ0) is 20.3. The molecule has 0 spiro atoms. The average molecular weight is 371 g/mol. The number of aliphatic imine (C=N–C) groups is 1. The van der Waals surface area contributed by atoms with Gasteiger partial charge in [-0.05, 0) is 69.4 Å². The van der Waals surface area contributed by atoms with E-state index in [9.17, 15) is 0 Å². The molecule has 3 aromatic carbocycles. The molecule has 0 unspecified atom stereocenters. The largest absolute Gasteiger partial charge is 0.343 e. The number of hydrogen-bond donors (Lipinski definition) is 1. The Morgan fingerprint density at radius 2 is 1.21 bits per heavy atom. The number of amidine groups is 1. The molecule has 0 atom stereocenters. The third-order valence-electron chi connectivity index (χ3n) is 5.04. The van der Waals surface area contributed by atoms with Crippen molar-refractivity contribution in [3.05, 3.63) is 93.5 Å². The van der Waals surface area contributed by atoms with Crippen LogP contribution in [0.2, 0.25) is 0 Å². The van der Waals surface area contributed by atoms with Crippen molar-refractivity contribution in [3.8, 4) is 0 Å². The third-order valence-corrected chi connectivity index (χ3v) is 5.04. The molecule has 0 aliphatic rings. The van der Waals surface area contributed by atoms with Gasteiger partial charge in [-0.1, -0.05) is 65.7 Å². The van der Waals surface area contributed by atoms with E-state index in [1.165, 1.54) is 38.9 Å². The van der Waals surface area contributed by atoms with E-state index in [4.69, 9.17) is 4.99 Å². The molecule has 0 aliphatic heterocycles. The van der Waals surface area contributed by atoms with Gasteiger partial charge in [-0.15, -0.1) is 0 Å². The van der Waals surface area contributed by atoms with Gasteiger partial charge in [-0.25, -0.2) is 4.99 Å². The smallest absolute Gasteiger partial charge is 0.111 e. The SMILES string of the molecule is Cc1cc(C)c(N=C(Cc2ccccc2)Nc2c(C)cc(C)cc2C)c(C)c1. The Morgan fingerprint density at radius 1 is 0.714 bits per heavy atom. The molecule has 2 nitrogen and oxygen atoms in total. The lowest BCUT2D eigenvalue weighted by Crippen LogP contribution is -2.17. The van der Waals surface area contributed by atoms with Crippen molar-refractivity contribution in [1.29, 1.82) is 0 Å². The number of aryl methyl sites for hydroxylation is 6. The van der Waals surface area contributed by atoms with E-state index in [2.05, 4.69) is 101 Å². The zero-order valence-electron chi connectivity index (χ0n) is 17.9. The van der Waals surface area contributed by atoms with Crippen molar-refractivity contribution < 1.29 is 0 Å². The van der Waals surface area contributed by atoms with Gasteiger partial charge in [-0.3, -0.25) is 0 Å². The van der Waals surface area contributed by atoms with Crippen molar-refractivity contribution in [2.75, 3.05) is 5.32 Å². The molecule has 0 bridgehead atoms. The minimum absolute atomic E-state index is 0.764. The van der Waals surface area contributed by atoms with Crippen molar-refractivity contribution in [1.82, 2.24) is 0 Å². The van der Waals surface area contributed by atoms with Crippen LogP contribution in [0, 0.1) is 41.5 Å². The summed E-state index contributed by atoms with van der Waals surface area (Å²) in [4.78, 5) is 5.10. The summed E-state index contributed by atoms with van der Waals surface area (Å²) in [6, 6.07) is 19.4. The van der Waals surface area contributed by atoms with Crippen LogP contribution in [-0.2, 0) is 6.42 Å². The highest BCUT2D eigenvalue weighted by Crippen LogP contribution is 2.27. The molecular formula is C26H30N2. The second kappa shape index (κ2) is 8.43.